The zero-order valence-corrected chi connectivity index (χ0v) is 12.2. The molecule has 2 rings (SSSR count). The number of aryl methyl sites for hydroxylation is 1. The van der Waals surface area contributed by atoms with Gasteiger partial charge in [-0.05, 0) is 18.2 Å². The number of alkyl halides is 3. The van der Waals surface area contributed by atoms with E-state index < -0.39 is 49.0 Å². The van der Waals surface area contributed by atoms with Gasteiger partial charge >= 0.3 is 6.18 Å². The molecule has 1 aromatic carbocycles. The molecule has 5 nitrogen and oxygen atoms in total. The first kappa shape index (κ1) is 16.7. The highest BCUT2D eigenvalue weighted by atomic mass is 35.5. The lowest BCUT2D eigenvalue weighted by Gasteiger charge is -2.13. The molecule has 0 radical (unpaired) electrons. The number of hydrogen-bond donors (Lipinski definition) is 0. The fourth-order valence-electron chi connectivity index (χ4n) is 1.80. The molecule has 0 aliphatic rings. The molecule has 0 spiro atoms. The summed E-state index contributed by atoms with van der Waals surface area (Å²) < 4.78 is 85.5. The van der Waals surface area contributed by atoms with Crippen molar-refractivity contribution in [1.82, 2.24) is 9.78 Å². The maximum Gasteiger partial charge on any atom is 0.435 e. The Balaban J connectivity index is 2.76. The molecule has 2 aromatic rings. The Kier molecular flexibility index (Phi) is 3.96. The van der Waals surface area contributed by atoms with Gasteiger partial charge in [0, 0.05) is 7.05 Å². The molecule has 0 bridgehead atoms. The quantitative estimate of drug-likeness (QED) is 0.612. The summed E-state index contributed by atoms with van der Waals surface area (Å²) in [7, 11) is -3.92. The van der Waals surface area contributed by atoms with Crippen molar-refractivity contribution in [2.45, 2.75) is 11.1 Å². The molecule has 0 saturated heterocycles. The minimum absolute atomic E-state index is 0.416. The number of hydrogen-bond acceptors (Lipinski definition) is 4. The summed E-state index contributed by atoms with van der Waals surface area (Å²) in [5, 5.41) is 2.37. The van der Waals surface area contributed by atoms with Gasteiger partial charge in [0.25, 0.3) is 0 Å². The predicted octanol–water partition coefficient (Wildman–Crippen LogP) is 2.80. The fourth-order valence-corrected chi connectivity index (χ4v) is 2.89. The van der Waals surface area contributed by atoms with Crippen molar-refractivity contribution in [2.75, 3.05) is 0 Å². The summed E-state index contributed by atoms with van der Waals surface area (Å²) in [5.74, 6) is -1.09. The van der Waals surface area contributed by atoms with E-state index in [9.17, 15) is 30.5 Å². The summed E-state index contributed by atoms with van der Waals surface area (Å²) in [5.41, 5.74) is -2.37. The van der Waals surface area contributed by atoms with Crippen LogP contribution >= 0.6 is 11.6 Å². The molecule has 11 heteroatoms. The van der Waals surface area contributed by atoms with Gasteiger partial charge in [0.2, 0.25) is 0 Å². The summed E-state index contributed by atoms with van der Waals surface area (Å²) in [6, 6.07) is 1.78. The van der Waals surface area contributed by atoms with Gasteiger partial charge in [0.05, 0.1) is 21.2 Å². The van der Waals surface area contributed by atoms with Gasteiger partial charge in [0.1, 0.15) is 15.9 Å². The Morgan fingerprint density at radius 3 is 2.36 bits per heavy atom. The predicted molar refractivity (Wildman–Crippen MR) is 66.6 cm³/mol. The average Bonchev–Trinajstić information content (AvgIpc) is 2.69. The van der Waals surface area contributed by atoms with Gasteiger partial charge in [-0.3, -0.25) is 4.68 Å². The average molecular weight is 358 g/mol. The van der Waals surface area contributed by atoms with Gasteiger partial charge in [0.15, 0.2) is 5.69 Å². The molecule has 0 unspecified atom stereocenters. The Hall–Kier alpha value is -1.65. The lowest BCUT2D eigenvalue weighted by Crippen LogP contribution is -2.06. The maximum atomic E-state index is 13.9. The second-order valence-electron chi connectivity index (χ2n) is 4.22. The maximum absolute atomic E-state index is 13.9. The van der Waals surface area contributed by atoms with Crippen molar-refractivity contribution in [1.29, 1.82) is 0 Å². The van der Waals surface area contributed by atoms with Gasteiger partial charge in [-0.2, -0.15) is 18.3 Å². The second kappa shape index (κ2) is 5.21. The summed E-state index contributed by atoms with van der Waals surface area (Å²) in [6.45, 7) is 0. The molecular weight excluding hydrogens is 352 g/mol. The number of rotatable bonds is 2. The van der Waals surface area contributed by atoms with Crippen molar-refractivity contribution < 1.29 is 30.5 Å². The Bertz CT molecular complexity index is 846. The van der Waals surface area contributed by atoms with E-state index in [2.05, 4.69) is 5.10 Å². The van der Waals surface area contributed by atoms with Gasteiger partial charge in [-0.1, -0.05) is 11.6 Å². The van der Waals surface area contributed by atoms with E-state index in [1.54, 1.807) is 0 Å². The molecule has 1 heterocycles. The van der Waals surface area contributed by atoms with Crippen LogP contribution in [0.5, 0.6) is 0 Å². The van der Waals surface area contributed by atoms with E-state index in [0.29, 0.717) is 22.9 Å². The topological polar surface area (TPSA) is 75.0 Å². The largest absolute Gasteiger partial charge is 0.744 e. The highest BCUT2D eigenvalue weighted by Gasteiger charge is 2.35. The molecular formula is C11H6ClF4N2O3S-. The molecule has 0 fully saturated rings. The van der Waals surface area contributed by atoms with E-state index >= 15 is 0 Å². The van der Waals surface area contributed by atoms with Crippen LogP contribution in [0.15, 0.2) is 23.1 Å². The van der Waals surface area contributed by atoms with Crippen molar-refractivity contribution >= 4 is 21.7 Å². The van der Waals surface area contributed by atoms with Crippen LogP contribution in [-0.2, 0) is 23.3 Å². The first-order valence-corrected chi connectivity index (χ1v) is 7.27. The summed E-state index contributed by atoms with van der Waals surface area (Å²) in [6.07, 6.45) is -4.78. The third-order valence-electron chi connectivity index (χ3n) is 2.75. The van der Waals surface area contributed by atoms with Crippen molar-refractivity contribution in [3.05, 3.63) is 34.7 Å². The third-order valence-corrected chi connectivity index (χ3v) is 4.13. The van der Waals surface area contributed by atoms with Gasteiger partial charge in [-0.25, -0.2) is 12.8 Å². The van der Waals surface area contributed by atoms with Crippen LogP contribution in [0.1, 0.15) is 5.69 Å². The molecule has 1 aromatic heterocycles. The number of nitrogens with zero attached hydrogens (tertiary/aromatic N) is 2. The first-order valence-electron chi connectivity index (χ1n) is 5.48. The standard InChI is InChI=1S/C11H7ClF4N2O3S/c1-18-6(4-8(17-18)11(14,15)16)9-5(13)2-3-7(10(9)12)22(19,20)21/h2-4H,1H3,(H,19,20,21)/p-1. The number of aromatic nitrogens is 2. The van der Waals surface area contributed by atoms with Gasteiger partial charge < -0.3 is 4.55 Å². The Labute approximate surface area is 126 Å². The highest BCUT2D eigenvalue weighted by molar-refractivity contribution is 7.85. The normalized spacial score (nSPS) is 12.7. The summed E-state index contributed by atoms with van der Waals surface area (Å²) in [4.78, 5) is -0.930. The highest BCUT2D eigenvalue weighted by Crippen LogP contribution is 2.37. The lowest BCUT2D eigenvalue weighted by molar-refractivity contribution is -0.141. The van der Waals surface area contributed by atoms with E-state index in [-0.39, 0.29) is 0 Å². The van der Waals surface area contributed by atoms with Crippen molar-refractivity contribution in [3.63, 3.8) is 0 Å². The minimum Gasteiger partial charge on any atom is -0.744 e. The van der Waals surface area contributed by atoms with Crippen molar-refractivity contribution in [3.8, 4) is 11.3 Å². The van der Waals surface area contributed by atoms with Crippen LogP contribution in [0.2, 0.25) is 5.02 Å². The monoisotopic (exact) mass is 357 g/mol. The molecule has 0 aliphatic heterocycles. The van der Waals surface area contributed by atoms with E-state index in [0.717, 1.165) is 7.05 Å². The van der Waals surface area contributed by atoms with Crippen LogP contribution < -0.4 is 0 Å². The van der Waals surface area contributed by atoms with Crippen LogP contribution in [-0.4, -0.2) is 22.8 Å². The minimum atomic E-state index is -5.02. The van der Waals surface area contributed by atoms with Crippen molar-refractivity contribution in [2.24, 2.45) is 7.05 Å². The number of halogens is 5. The number of benzene rings is 1. The molecule has 0 N–H and O–H groups in total. The molecule has 0 aliphatic carbocycles. The van der Waals surface area contributed by atoms with Gasteiger partial charge in [-0.15, -0.1) is 0 Å². The molecule has 120 valence electrons. The fraction of sp³-hybridized carbons (Fsp3) is 0.182. The van der Waals surface area contributed by atoms with E-state index in [1.807, 2.05) is 0 Å². The zero-order chi connectivity index (χ0) is 16.9. The SMILES string of the molecule is Cn1nc(C(F)(F)F)cc1-c1c(F)ccc(S(=O)(=O)[O-])c1Cl. The van der Waals surface area contributed by atoms with E-state index in [1.165, 1.54) is 0 Å². The lowest BCUT2D eigenvalue weighted by atomic mass is 10.1. The molecule has 0 atom stereocenters. The molecule has 0 amide bonds. The Morgan fingerprint density at radius 1 is 1.32 bits per heavy atom. The first-order chi connectivity index (χ1) is 9.93. The van der Waals surface area contributed by atoms with Crippen LogP contribution in [0.25, 0.3) is 11.3 Å². The molecule has 22 heavy (non-hydrogen) atoms. The van der Waals surface area contributed by atoms with E-state index in [4.69, 9.17) is 11.6 Å². The van der Waals surface area contributed by atoms with Crippen LogP contribution in [0.3, 0.4) is 0 Å². The van der Waals surface area contributed by atoms with Crippen LogP contribution in [0, 0.1) is 5.82 Å². The Morgan fingerprint density at radius 2 is 1.91 bits per heavy atom. The summed E-state index contributed by atoms with van der Waals surface area (Å²) >= 11 is 5.69. The van der Waals surface area contributed by atoms with Crippen LogP contribution in [0.4, 0.5) is 17.6 Å². The molecule has 0 saturated carbocycles. The second-order valence-corrected chi connectivity index (χ2v) is 5.95. The third kappa shape index (κ3) is 2.94. The zero-order valence-electron chi connectivity index (χ0n) is 10.6. The smallest absolute Gasteiger partial charge is 0.435 e.